The molecule has 0 spiro atoms. The molecule has 106 valence electrons. The monoisotopic (exact) mass is 299 g/mol. The van der Waals surface area contributed by atoms with E-state index >= 15 is 0 Å². The number of hydrogen-bond acceptors (Lipinski definition) is 4. The minimum atomic E-state index is -0.371. The van der Waals surface area contributed by atoms with Crippen molar-refractivity contribution < 1.29 is 9.59 Å². The summed E-state index contributed by atoms with van der Waals surface area (Å²) in [5.41, 5.74) is 7.06. The Balaban J connectivity index is 2.02. The third-order valence-electron chi connectivity index (χ3n) is 3.23. The number of nitrogens with zero attached hydrogens (tertiary/aromatic N) is 1. The minimum Gasteiger partial charge on any atom is -0.320 e. The fourth-order valence-corrected chi connectivity index (χ4v) is 3.18. The summed E-state index contributed by atoms with van der Waals surface area (Å²) in [6.45, 7) is 0.709. The van der Waals surface area contributed by atoms with Gasteiger partial charge in [-0.2, -0.15) is 0 Å². The molecular weight excluding hydrogens is 286 g/mol. The van der Waals surface area contributed by atoms with E-state index in [2.05, 4.69) is 17.2 Å². The summed E-state index contributed by atoms with van der Waals surface area (Å²) < 4.78 is 1.08. The maximum Gasteiger partial charge on any atom is 0.328 e. The molecule has 3 N–H and O–H groups in total. The van der Waals surface area contributed by atoms with Gasteiger partial charge < -0.3 is 5.73 Å². The number of nitrogens with two attached hydrogens (primary N) is 1. The van der Waals surface area contributed by atoms with Crippen LogP contribution in [0.3, 0.4) is 0 Å². The zero-order valence-electron chi connectivity index (χ0n) is 11.2. The van der Waals surface area contributed by atoms with E-state index < -0.39 is 0 Å². The lowest BCUT2D eigenvalue weighted by Gasteiger charge is -2.26. The zero-order valence-corrected chi connectivity index (χ0v) is 12.0. The topological polar surface area (TPSA) is 75.4 Å². The van der Waals surface area contributed by atoms with Crippen molar-refractivity contribution in [2.45, 2.75) is 6.42 Å². The summed E-state index contributed by atoms with van der Waals surface area (Å²) in [4.78, 5) is 24.8. The van der Waals surface area contributed by atoms with Crippen molar-refractivity contribution in [2.75, 3.05) is 18.0 Å². The van der Waals surface area contributed by atoms with Gasteiger partial charge in [0.25, 0.3) is 0 Å². The van der Waals surface area contributed by atoms with Gasteiger partial charge in [-0.15, -0.1) is 11.3 Å². The van der Waals surface area contributed by atoms with Crippen molar-refractivity contribution in [3.8, 4) is 11.8 Å². The predicted octanol–water partition coefficient (Wildman–Crippen LogP) is 1.66. The SMILES string of the molecule is NCC#Cc1ccc2scc(N3CCC(=O)NC3=O)c2c1. The van der Waals surface area contributed by atoms with Crippen molar-refractivity contribution in [1.29, 1.82) is 0 Å². The van der Waals surface area contributed by atoms with Crippen molar-refractivity contribution in [2.24, 2.45) is 5.73 Å². The van der Waals surface area contributed by atoms with Gasteiger partial charge in [-0.3, -0.25) is 15.0 Å². The molecule has 1 aromatic carbocycles. The van der Waals surface area contributed by atoms with Crippen LogP contribution >= 0.6 is 11.3 Å². The Morgan fingerprint density at radius 1 is 1.38 bits per heavy atom. The number of benzene rings is 1. The van der Waals surface area contributed by atoms with E-state index in [1.807, 2.05) is 23.6 Å². The largest absolute Gasteiger partial charge is 0.328 e. The minimum absolute atomic E-state index is 0.231. The van der Waals surface area contributed by atoms with Gasteiger partial charge in [-0.1, -0.05) is 11.8 Å². The van der Waals surface area contributed by atoms with Gasteiger partial charge in [0.1, 0.15) is 0 Å². The van der Waals surface area contributed by atoms with Crippen molar-refractivity contribution in [3.63, 3.8) is 0 Å². The molecule has 0 atom stereocenters. The molecule has 6 heteroatoms. The highest BCUT2D eigenvalue weighted by atomic mass is 32.1. The van der Waals surface area contributed by atoms with Crippen molar-refractivity contribution in [3.05, 3.63) is 29.1 Å². The van der Waals surface area contributed by atoms with Crippen molar-refractivity contribution in [1.82, 2.24) is 5.32 Å². The number of hydrogen-bond donors (Lipinski definition) is 2. The van der Waals surface area contributed by atoms with Gasteiger partial charge in [-0.05, 0) is 18.2 Å². The number of thiophene rings is 1. The van der Waals surface area contributed by atoms with Crippen molar-refractivity contribution >= 4 is 39.0 Å². The molecule has 1 aromatic heterocycles. The maximum absolute atomic E-state index is 12.0. The number of nitrogens with one attached hydrogen (secondary N) is 1. The van der Waals surface area contributed by atoms with Gasteiger partial charge in [0.15, 0.2) is 0 Å². The van der Waals surface area contributed by atoms with Crippen LogP contribution in [0.15, 0.2) is 23.6 Å². The van der Waals surface area contributed by atoms with Gasteiger partial charge in [0.05, 0.1) is 12.2 Å². The van der Waals surface area contributed by atoms with E-state index in [1.165, 1.54) is 0 Å². The Hall–Kier alpha value is -2.36. The highest BCUT2D eigenvalue weighted by Crippen LogP contribution is 2.34. The molecule has 3 rings (SSSR count). The predicted molar refractivity (Wildman–Crippen MR) is 83.3 cm³/mol. The lowest BCUT2D eigenvalue weighted by atomic mass is 10.1. The van der Waals surface area contributed by atoms with Crippen LogP contribution in [0.2, 0.25) is 0 Å². The second kappa shape index (κ2) is 5.56. The normalized spacial score (nSPS) is 14.8. The fraction of sp³-hybridized carbons (Fsp3) is 0.200. The molecule has 0 radical (unpaired) electrons. The quantitative estimate of drug-likeness (QED) is 0.786. The molecule has 3 amide bonds. The maximum atomic E-state index is 12.0. The highest BCUT2D eigenvalue weighted by molar-refractivity contribution is 7.17. The van der Waals surface area contributed by atoms with E-state index in [9.17, 15) is 9.59 Å². The molecule has 1 saturated heterocycles. The molecule has 0 aliphatic carbocycles. The van der Waals surface area contributed by atoms with Crippen LogP contribution in [0, 0.1) is 11.8 Å². The van der Waals surface area contributed by atoms with E-state index in [1.54, 1.807) is 16.2 Å². The Morgan fingerprint density at radius 2 is 2.24 bits per heavy atom. The highest BCUT2D eigenvalue weighted by Gasteiger charge is 2.26. The van der Waals surface area contributed by atoms with Crippen LogP contribution in [0.4, 0.5) is 10.5 Å². The second-order valence-corrected chi connectivity index (χ2v) is 5.50. The smallest absolute Gasteiger partial charge is 0.320 e. The van der Waals surface area contributed by atoms with Crippen LogP contribution in [-0.2, 0) is 4.79 Å². The molecule has 1 aliphatic heterocycles. The first kappa shape index (κ1) is 13.6. The number of carbonyl (C=O) groups excluding carboxylic acids is 2. The molecule has 0 saturated carbocycles. The van der Waals surface area contributed by atoms with Crippen LogP contribution in [0.25, 0.3) is 10.1 Å². The van der Waals surface area contributed by atoms with Gasteiger partial charge in [0.2, 0.25) is 5.91 Å². The summed E-state index contributed by atoms with van der Waals surface area (Å²) in [5.74, 6) is 5.58. The number of urea groups is 1. The third kappa shape index (κ3) is 2.61. The molecule has 5 nitrogen and oxygen atoms in total. The number of anilines is 1. The Bertz CT molecular complexity index is 785. The van der Waals surface area contributed by atoms with Crippen LogP contribution in [0.5, 0.6) is 0 Å². The summed E-state index contributed by atoms with van der Waals surface area (Å²) in [6.07, 6.45) is 0.315. The first-order valence-corrected chi connectivity index (χ1v) is 7.38. The fourth-order valence-electron chi connectivity index (χ4n) is 2.25. The number of amides is 3. The van der Waals surface area contributed by atoms with Gasteiger partial charge in [0, 0.05) is 34.0 Å². The molecule has 1 fully saturated rings. The first-order chi connectivity index (χ1) is 10.2. The van der Waals surface area contributed by atoms with E-state index in [0.29, 0.717) is 19.5 Å². The Kier molecular flexibility index (Phi) is 3.60. The number of rotatable bonds is 1. The summed E-state index contributed by atoms with van der Waals surface area (Å²) >= 11 is 1.56. The lowest BCUT2D eigenvalue weighted by Crippen LogP contribution is -2.49. The van der Waals surface area contributed by atoms with Crippen LogP contribution in [0.1, 0.15) is 12.0 Å². The molecule has 0 unspecified atom stereocenters. The average molecular weight is 299 g/mol. The molecule has 1 aliphatic rings. The molecule has 2 aromatic rings. The van der Waals surface area contributed by atoms with E-state index in [0.717, 1.165) is 21.3 Å². The molecule has 0 bridgehead atoms. The standard InChI is InChI=1S/C15H13N3O2S/c16-6-1-2-10-3-4-13-11(8-10)12(9-21-13)18-7-5-14(19)17-15(18)20/h3-4,8-9H,5-7,16H2,(H,17,19,20). The van der Waals surface area contributed by atoms with Crippen LogP contribution in [-0.4, -0.2) is 25.0 Å². The van der Waals surface area contributed by atoms with Gasteiger partial charge >= 0.3 is 6.03 Å². The van der Waals surface area contributed by atoms with E-state index in [-0.39, 0.29) is 11.9 Å². The number of carbonyl (C=O) groups is 2. The third-order valence-corrected chi connectivity index (χ3v) is 4.18. The zero-order chi connectivity index (χ0) is 14.8. The molecule has 2 heterocycles. The Labute approximate surface area is 125 Å². The number of imide groups is 1. The second-order valence-electron chi connectivity index (χ2n) is 4.59. The summed E-state index contributed by atoms with van der Waals surface area (Å²) in [6, 6.07) is 5.50. The average Bonchev–Trinajstić information content (AvgIpc) is 2.88. The summed E-state index contributed by atoms with van der Waals surface area (Å²) in [5, 5.41) is 5.24. The summed E-state index contributed by atoms with van der Waals surface area (Å²) in [7, 11) is 0. The molecular formula is C15H13N3O2S. The number of fused-ring (bicyclic) bond motifs is 1. The first-order valence-electron chi connectivity index (χ1n) is 6.50. The Morgan fingerprint density at radius 3 is 3.00 bits per heavy atom. The molecule has 21 heavy (non-hydrogen) atoms. The van der Waals surface area contributed by atoms with Crippen LogP contribution < -0.4 is 16.0 Å². The lowest BCUT2D eigenvalue weighted by molar-refractivity contribution is -0.120. The van der Waals surface area contributed by atoms with E-state index in [4.69, 9.17) is 5.73 Å². The van der Waals surface area contributed by atoms with Gasteiger partial charge in [-0.25, -0.2) is 4.79 Å².